The summed E-state index contributed by atoms with van der Waals surface area (Å²) in [5.74, 6) is 0. The Labute approximate surface area is 163 Å². The molecule has 150 valence electrons. The van der Waals surface area contributed by atoms with Crippen molar-refractivity contribution in [2.75, 3.05) is 0 Å². The monoisotopic (exact) mass is 360 g/mol. The van der Waals surface area contributed by atoms with Crippen molar-refractivity contribution >= 4 is 0 Å². The molecule has 0 aromatic rings. The van der Waals surface area contributed by atoms with E-state index in [2.05, 4.69) is 38.2 Å². The molecule has 0 aromatic carbocycles. The van der Waals surface area contributed by atoms with Gasteiger partial charge in [-0.15, -0.1) is 0 Å². The standard InChI is InChI=1S/C24H44N2/c1-3-5-7-11-15-19-23-21-17-13-9-10-14-18-22-24(26-25-23)20-16-12-8-6-4-2/h13-14,17-18,23-24H,3-12,15-16,19-22H2,1-2H3. The van der Waals surface area contributed by atoms with E-state index in [1.807, 2.05) is 0 Å². The number of hydrogen-bond acceptors (Lipinski definition) is 2. The van der Waals surface area contributed by atoms with Crippen molar-refractivity contribution < 1.29 is 0 Å². The lowest BCUT2D eigenvalue weighted by Crippen LogP contribution is -2.07. The molecule has 0 aromatic heterocycles. The second-order valence-corrected chi connectivity index (χ2v) is 7.94. The van der Waals surface area contributed by atoms with Gasteiger partial charge in [0.15, 0.2) is 0 Å². The Morgan fingerprint density at radius 2 is 1.00 bits per heavy atom. The van der Waals surface area contributed by atoms with Crippen LogP contribution >= 0.6 is 0 Å². The molecule has 0 amide bonds. The summed E-state index contributed by atoms with van der Waals surface area (Å²) in [6.07, 6.45) is 29.7. The number of nitrogens with zero attached hydrogens (tertiary/aromatic N) is 2. The van der Waals surface area contributed by atoms with Gasteiger partial charge in [-0.2, -0.15) is 10.2 Å². The third-order valence-electron chi connectivity index (χ3n) is 5.32. The smallest absolute Gasteiger partial charge is 0.0742 e. The maximum atomic E-state index is 4.81. The highest BCUT2D eigenvalue weighted by Gasteiger charge is 2.09. The summed E-state index contributed by atoms with van der Waals surface area (Å²) in [5.41, 5.74) is 0. The average Bonchev–Trinajstić information content (AvgIpc) is 2.64. The van der Waals surface area contributed by atoms with Crippen molar-refractivity contribution in [2.24, 2.45) is 10.2 Å². The van der Waals surface area contributed by atoms with Gasteiger partial charge in [0.1, 0.15) is 0 Å². The van der Waals surface area contributed by atoms with E-state index >= 15 is 0 Å². The van der Waals surface area contributed by atoms with Crippen LogP contribution in [0.4, 0.5) is 0 Å². The molecule has 0 bridgehead atoms. The first-order valence-corrected chi connectivity index (χ1v) is 11.6. The molecule has 1 aliphatic rings. The van der Waals surface area contributed by atoms with Crippen LogP contribution in [0.3, 0.4) is 0 Å². The molecule has 0 spiro atoms. The zero-order valence-corrected chi connectivity index (χ0v) is 17.7. The van der Waals surface area contributed by atoms with Gasteiger partial charge in [0.25, 0.3) is 0 Å². The molecule has 1 rings (SSSR count). The van der Waals surface area contributed by atoms with E-state index in [-0.39, 0.29) is 0 Å². The van der Waals surface area contributed by atoms with Gasteiger partial charge in [-0.3, -0.25) is 0 Å². The number of rotatable bonds is 12. The third kappa shape index (κ3) is 13.3. The molecular formula is C24H44N2. The first-order valence-electron chi connectivity index (χ1n) is 11.6. The van der Waals surface area contributed by atoms with Gasteiger partial charge in [-0.05, 0) is 38.5 Å². The van der Waals surface area contributed by atoms with Crippen LogP contribution in [0.1, 0.15) is 117 Å². The van der Waals surface area contributed by atoms with Crippen molar-refractivity contribution in [1.82, 2.24) is 0 Å². The molecule has 0 saturated heterocycles. The molecule has 0 N–H and O–H groups in total. The average molecular weight is 361 g/mol. The lowest BCUT2D eigenvalue weighted by atomic mass is 10.0. The van der Waals surface area contributed by atoms with Crippen molar-refractivity contribution in [3.63, 3.8) is 0 Å². The number of azo groups is 1. The van der Waals surface area contributed by atoms with Crippen LogP contribution in [0.5, 0.6) is 0 Å². The van der Waals surface area contributed by atoms with Crippen LogP contribution in [0.15, 0.2) is 34.5 Å². The van der Waals surface area contributed by atoms with Crippen LogP contribution < -0.4 is 0 Å². The van der Waals surface area contributed by atoms with Crippen molar-refractivity contribution in [1.29, 1.82) is 0 Å². The van der Waals surface area contributed by atoms with E-state index < -0.39 is 0 Å². The molecular weight excluding hydrogens is 316 g/mol. The minimum absolute atomic E-state index is 0.402. The van der Waals surface area contributed by atoms with Gasteiger partial charge in [0.05, 0.1) is 12.1 Å². The third-order valence-corrected chi connectivity index (χ3v) is 5.32. The lowest BCUT2D eigenvalue weighted by molar-refractivity contribution is 0.485. The Hall–Kier alpha value is -0.920. The highest BCUT2D eigenvalue weighted by atomic mass is 15.1. The van der Waals surface area contributed by atoms with E-state index in [4.69, 9.17) is 10.2 Å². The minimum atomic E-state index is 0.402. The maximum absolute atomic E-state index is 4.81. The van der Waals surface area contributed by atoms with Gasteiger partial charge in [0.2, 0.25) is 0 Å². The highest BCUT2D eigenvalue weighted by Crippen LogP contribution is 2.18. The Kier molecular flexibility index (Phi) is 15.6. The Morgan fingerprint density at radius 1 is 0.577 bits per heavy atom. The zero-order valence-electron chi connectivity index (χ0n) is 17.7. The maximum Gasteiger partial charge on any atom is 0.0742 e. The van der Waals surface area contributed by atoms with Gasteiger partial charge < -0.3 is 0 Å². The van der Waals surface area contributed by atoms with Gasteiger partial charge in [-0.25, -0.2) is 0 Å². The van der Waals surface area contributed by atoms with Crippen molar-refractivity contribution in [3.8, 4) is 0 Å². The molecule has 2 nitrogen and oxygen atoms in total. The number of hydrogen-bond donors (Lipinski definition) is 0. The quantitative estimate of drug-likeness (QED) is 0.246. The van der Waals surface area contributed by atoms with E-state index in [1.54, 1.807) is 0 Å². The predicted octanol–water partition coefficient (Wildman–Crippen LogP) is 8.58. The summed E-state index contributed by atoms with van der Waals surface area (Å²) in [7, 11) is 0. The Morgan fingerprint density at radius 3 is 1.42 bits per heavy atom. The van der Waals surface area contributed by atoms with E-state index in [0.29, 0.717) is 12.1 Å². The van der Waals surface area contributed by atoms with E-state index in [1.165, 1.54) is 89.9 Å². The van der Waals surface area contributed by atoms with Crippen molar-refractivity contribution in [3.05, 3.63) is 24.3 Å². The molecule has 1 heterocycles. The predicted molar refractivity (Wildman–Crippen MR) is 116 cm³/mol. The molecule has 0 radical (unpaired) electrons. The largest absolute Gasteiger partial charge is 0.190 e. The van der Waals surface area contributed by atoms with Crippen LogP contribution in [0.25, 0.3) is 0 Å². The molecule has 26 heavy (non-hydrogen) atoms. The second-order valence-electron chi connectivity index (χ2n) is 7.94. The van der Waals surface area contributed by atoms with Crippen LogP contribution in [0.2, 0.25) is 0 Å². The molecule has 2 atom stereocenters. The first kappa shape index (κ1) is 23.1. The molecule has 1 aliphatic heterocycles. The van der Waals surface area contributed by atoms with Crippen molar-refractivity contribution in [2.45, 2.75) is 129 Å². The summed E-state index contributed by atoms with van der Waals surface area (Å²) >= 11 is 0. The van der Waals surface area contributed by atoms with E-state index in [9.17, 15) is 0 Å². The van der Waals surface area contributed by atoms with Gasteiger partial charge in [-0.1, -0.05) is 102 Å². The molecule has 2 heteroatoms. The highest BCUT2D eigenvalue weighted by molar-refractivity contribution is 4.92. The van der Waals surface area contributed by atoms with Gasteiger partial charge >= 0.3 is 0 Å². The number of allylic oxidation sites excluding steroid dienone is 2. The SMILES string of the molecule is CCCCCCCC1CC=CCCC=CCC(CCCCCCC)N=N1. The van der Waals surface area contributed by atoms with E-state index in [0.717, 1.165) is 12.8 Å². The van der Waals surface area contributed by atoms with Gasteiger partial charge in [0, 0.05) is 0 Å². The second kappa shape index (κ2) is 17.5. The molecule has 0 aliphatic carbocycles. The normalized spacial score (nSPS) is 21.5. The fraction of sp³-hybridized carbons (Fsp3) is 0.833. The van der Waals surface area contributed by atoms with Crippen LogP contribution in [-0.4, -0.2) is 12.1 Å². The topological polar surface area (TPSA) is 24.7 Å². The molecule has 2 unspecified atom stereocenters. The molecule has 0 saturated carbocycles. The Bertz CT molecular complexity index is 348. The summed E-state index contributed by atoms with van der Waals surface area (Å²) in [4.78, 5) is 0. The summed E-state index contributed by atoms with van der Waals surface area (Å²) in [5, 5.41) is 9.62. The van der Waals surface area contributed by atoms with Crippen LogP contribution in [-0.2, 0) is 0 Å². The Balaban J connectivity index is 2.48. The summed E-state index contributed by atoms with van der Waals surface area (Å²) in [6.45, 7) is 4.56. The fourth-order valence-corrected chi connectivity index (χ4v) is 3.54. The fourth-order valence-electron chi connectivity index (χ4n) is 3.54. The summed E-state index contributed by atoms with van der Waals surface area (Å²) < 4.78 is 0. The minimum Gasteiger partial charge on any atom is -0.190 e. The van der Waals surface area contributed by atoms with Crippen LogP contribution in [0, 0.1) is 0 Å². The first-order chi connectivity index (χ1) is 12.9. The lowest BCUT2D eigenvalue weighted by Gasteiger charge is -2.13. The zero-order chi connectivity index (χ0) is 18.7. The number of unbranched alkanes of at least 4 members (excludes halogenated alkanes) is 8. The molecule has 0 fully saturated rings. The summed E-state index contributed by atoms with van der Waals surface area (Å²) in [6, 6.07) is 0.803.